The first-order chi connectivity index (χ1) is 12.0. The number of sulfonamides is 1. The average molecular weight is 367 g/mol. The highest BCUT2D eigenvalue weighted by molar-refractivity contribution is 7.89. The van der Waals surface area contributed by atoms with E-state index in [1.807, 2.05) is 4.90 Å². The maximum atomic E-state index is 12.7. The highest BCUT2D eigenvalue weighted by atomic mass is 32.2. The number of piperidine rings is 1. The third-order valence-electron chi connectivity index (χ3n) is 4.99. The second kappa shape index (κ2) is 7.65. The summed E-state index contributed by atoms with van der Waals surface area (Å²) < 4.78 is 25.3. The van der Waals surface area contributed by atoms with Gasteiger partial charge in [0, 0.05) is 57.6 Å². The molecule has 0 saturated carbocycles. The summed E-state index contributed by atoms with van der Waals surface area (Å²) in [6.07, 6.45) is 4.66. The summed E-state index contributed by atoms with van der Waals surface area (Å²) in [5, 5.41) is 0. The Morgan fingerprint density at radius 3 is 2.24 bits per heavy atom. The van der Waals surface area contributed by atoms with Crippen molar-refractivity contribution in [3.05, 3.63) is 18.5 Å². The topological polar surface area (TPSA) is 86.7 Å². The third kappa shape index (κ3) is 4.09. The molecule has 25 heavy (non-hydrogen) atoms. The van der Waals surface area contributed by atoms with Crippen molar-refractivity contribution in [3.63, 3.8) is 0 Å². The quantitative estimate of drug-likeness (QED) is 0.755. The molecule has 1 aromatic heterocycles. The lowest BCUT2D eigenvalue weighted by Gasteiger charge is -2.38. The Morgan fingerprint density at radius 2 is 1.68 bits per heavy atom. The molecule has 2 fully saturated rings. The number of carbonyl (C=O) groups excluding carboxylic acids is 1. The second-order valence-electron chi connectivity index (χ2n) is 6.44. The molecule has 138 valence electrons. The van der Waals surface area contributed by atoms with E-state index in [4.69, 9.17) is 0 Å². The van der Waals surface area contributed by atoms with Gasteiger partial charge in [-0.2, -0.15) is 0 Å². The predicted octanol–water partition coefficient (Wildman–Crippen LogP) is 0.187. The van der Waals surface area contributed by atoms with E-state index in [0.717, 1.165) is 13.1 Å². The lowest BCUT2D eigenvalue weighted by atomic mass is 9.96. The highest BCUT2D eigenvalue weighted by Gasteiger charge is 2.33. The molecule has 2 aliphatic rings. The fourth-order valence-electron chi connectivity index (χ4n) is 3.40. The standard InChI is InChI=1S/C16H25N5O3S/c1-2-25(23,24)21-8-4-14(5-9-21)15(22)19-10-12-20(13-11-19)16-17-6-3-7-18-16/h3,6-7,14H,2,4-5,8-13H2,1H3. The summed E-state index contributed by atoms with van der Waals surface area (Å²) >= 11 is 0. The summed E-state index contributed by atoms with van der Waals surface area (Å²) in [4.78, 5) is 25.2. The van der Waals surface area contributed by atoms with E-state index in [1.165, 1.54) is 4.31 Å². The van der Waals surface area contributed by atoms with E-state index < -0.39 is 10.0 Å². The molecule has 0 unspecified atom stereocenters. The molecule has 1 aromatic rings. The van der Waals surface area contributed by atoms with Gasteiger partial charge in [-0.1, -0.05) is 0 Å². The van der Waals surface area contributed by atoms with Gasteiger partial charge in [-0.3, -0.25) is 4.79 Å². The van der Waals surface area contributed by atoms with Crippen molar-refractivity contribution >= 4 is 21.9 Å². The van der Waals surface area contributed by atoms with Crippen LogP contribution in [0.5, 0.6) is 0 Å². The molecule has 0 atom stereocenters. The molecule has 0 aromatic carbocycles. The van der Waals surface area contributed by atoms with Gasteiger partial charge in [0.15, 0.2) is 0 Å². The monoisotopic (exact) mass is 367 g/mol. The Balaban J connectivity index is 1.50. The Morgan fingerprint density at radius 1 is 1.08 bits per heavy atom. The van der Waals surface area contributed by atoms with Crippen LogP contribution in [0.2, 0.25) is 0 Å². The minimum atomic E-state index is -3.15. The van der Waals surface area contributed by atoms with Crippen LogP contribution >= 0.6 is 0 Å². The maximum Gasteiger partial charge on any atom is 0.225 e. The normalized spacial score (nSPS) is 20.7. The number of hydrogen-bond acceptors (Lipinski definition) is 6. The van der Waals surface area contributed by atoms with Crippen LogP contribution in [0.25, 0.3) is 0 Å². The molecule has 0 spiro atoms. The highest BCUT2D eigenvalue weighted by Crippen LogP contribution is 2.23. The second-order valence-corrected chi connectivity index (χ2v) is 8.69. The van der Waals surface area contributed by atoms with Gasteiger partial charge >= 0.3 is 0 Å². The van der Waals surface area contributed by atoms with Crippen molar-refractivity contribution < 1.29 is 13.2 Å². The summed E-state index contributed by atoms with van der Waals surface area (Å²) in [5.41, 5.74) is 0. The van der Waals surface area contributed by atoms with Gasteiger partial charge in [0.25, 0.3) is 0 Å². The Hall–Kier alpha value is -1.74. The van der Waals surface area contributed by atoms with Gasteiger partial charge in [0.05, 0.1) is 5.75 Å². The van der Waals surface area contributed by atoms with E-state index in [9.17, 15) is 13.2 Å². The number of amides is 1. The predicted molar refractivity (Wildman–Crippen MR) is 94.6 cm³/mol. The summed E-state index contributed by atoms with van der Waals surface area (Å²) in [5.74, 6) is 0.910. The van der Waals surface area contributed by atoms with Crippen molar-refractivity contribution in [3.8, 4) is 0 Å². The van der Waals surface area contributed by atoms with Crippen LogP contribution in [0.4, 0.5) is 5.95 Å². The zero-order valence-electron chi connectivity index (χ0n) is 14.5. The molecule has 8 nitrogen and oxygen atoms in total. The van der Waals surface area contributed by atoms with Crippen LogP contribution in [0.1, 0.15) is 19.8 Å². The molecule has 0 N–H and O–H groups in total. The number of rotatable bonds is 4. The van der Waals surface area contributed by atoms with E-state index in [2.05, 4.69) is 14.9 Å². The SMILES string of the molecule is CCS(=O)(=O)N1CCC(C(=O)N2CCN(c3ncccn3)CC2)CC1. The molecular formula is C16H25N5O3S. The smallest absolute Gasteiger partial charge is 0.225 e. The van der Waals surface area contributed by atoms with E-state index in [-0.39, 0.29) is 17.6 Å². The number of piperazine rings is 1. The third-order valence-corrected chi connectivity index (χ3v) is 6.87. The average Bonchev–Trinajstić information content (AvgIpc) is 2.68. The fraction of sp³-hybridized carbons (Fsp3) is 0.688. The molecule has 3 heterocycles. The zero-order chi connectivity index (χ0) is 17.9. The Bertz CT molecular complexity index is 681. The van der Waals surface area contributed by atoms with Crippen LogP contribution in [0, 0.1) is 5.92 Å². The van der Waals surface area contributed by atoms with Crippen LogP contribution in [0.15, 0.2) is 18.5 Å². The number of anilines is 1. The first kappa shape index (κ1) is 18.1. The van der Waals surface area contributed by atoms with Crippen LogP contribution < -0.4 is 4.90 Å². The molecule has 0 aliphatic carbocycles. The van der Waals surface area contributed by atoms with E-state index >= 15 is 0 Å². The molecule has 0 radical (unpaired) electrons. The van der Waals surface area contributed by atoms with Gasteiger partial charge in [0.2, 0.25) is 21.9 Å². The van der Waals surface area contributed by atoms with Crippen molar-refractivity contribution in [2.45, 2.75) is 19.8 Å². The van der Waals surface area contributed by atoms with E-state index in [0.29, 0.717) is 45.0 Å². The molecule has 9 heteroatoms. The van der Waals surface area contributed by atoms with Crippen molar-refractivity contribution in [2.24, 2.45) is 5.92 Å². The summed E-state index contributed by atoms with van der Waals surface area (Å²) in [6.45, 7) is 5.31. The van der Waals surface area contributed by atoms with Crippen LogP contribution in [0.3, 0.4) is 0 Å². The molecule has 0 bridgehead atoms. The number of hydrogen-bond donors (Lipinski definition) is 0. The molecule has 2 aliphatic heterocycles. The minimum absolute atomic E-state index is 0.0668. The lowest BCUT2D eigenvalue weighted by Crippen LogP contribution is -2.52. The first-order valence-electron chi connectivity index (χ1n) is 8.80. The number of nitrogens with zero attached hydrogens (tertiary/aromatic N) is 5. The van der Waals surface area contributed by atoms with Gasteiger partial charge in [-0.05, 0) is 25.8 Å². The number of aromatic nitrogens is 2. The van der Waals surface area contributed by atoms with Gasteiger partial charge < -0.3 is 9.80 Å². The Labute approximate surface area is 148 Å². The maximum absolute atomic E-state index is 12.7. The molecule has 1 amide bonds. The minimum Gasteiger partial charge on any atom is -0.339 e. The molecule has 3 rings (SSSR count). The van der Waals surface area contributed by atoms with E-state index in [1.54, 1.807) is 25.4 Å². The molecular weight excluding hydrogens is 342 g/mol. The van der Waals surface area contributed by atoms with Gasteiger partial charge in [-0.15, -0.1) is 0 Å². The van der Waals surface area contributed by atoms with Crippen LogP contribution in [-0.2, 0) is 14.8 Å². The van der Waals surface area contributed by atoms with Crippen molar-refractivity contribution in [2.75, 3.05) is 49.9 Å². The summed E-state index contributed by atoms with van der Waals surface area (Å²) in [7, 11) is -3.15. The van der Waals surface area contributed by atoms with Gasteiger partial charge in [0.1, 0.15) is 0 Å². The lowest BCUT2D eigenvalue weighted by molar-refractivity contribution is -0.137. The fourth-order valence-corrected chi connectivity index (χ4v) is 4.54. The Kier molecular flexibility index (Phi) is 5.53. The largest absolute Gasteiger partial charge is 0.339 e. The van der Waals surface area contributed by atoms with Crippen molar-refractivity contribution in [1.29, 1.82) is 0 Å². The number of carbonyl (C=O) groups is 1. The van der Waals surface area contributed by atoms with Gasteiger partial charge in [-0.25, -0.2) is 22.7 Å². The zero-order valence-corrected chi connectivity index (χ0v) is 15.4. The molecule has 2 saturated heterocycles. The first-order valence-corrected chi connectivity index (χ1v) is 10.4. The van der Waals surface area contributed by atoms with Crippen molar-refractivity contribution in [1.82, 2.24) is 19.2 Å². The summed E-state index contributed by atoms with van der Waals surface area (Å²) in [6, 6.07) is 1.79. The van der Waals surface area contributed by atoms with Crippen LogP contribution in [-0.4, -0.2) is 78.5 Å².